The standard InChI is InChI=1S/C18H17N3/c1-4-5-13-19-16(3)8-9-17-12-14-21(20-17)18-10-6-15(2)7-11-18/h4-7,10-14H,1H2,2-3H3/b13-5-,19-16+. The van der Waals surface area contributed by atoms with Gasteiger partial charge in [-0.2, -0.15) is 5.10 Å². The predicted molar refractivity (Wildman–Crippen MR) is 87.6 cm³/mol. The number of aryl methyl sites for hydroxylation is 1. The van der Waals surface area contributed by atoms with E-state index in [1.54, 1.807) is 18.4 Å². The highest BCUT2D eigenvalue weighted by Gasteiger charge is 1.98. The van der Waals surface area contributed by atoms with E-state index >= 15 is 0 Å². The third kappa shape index (κ3) is 4.32. The molecule has 104 valence electrons. The molecule has 0 fully saturated rings. The quantitative estimate of drug-likeness (QED) is 0.477. The topological polar surface area (TPSA) is 30.2 Å². The summed E-state index contributed by atoms with van der Waals surface area (Å²) in [6.45, 7) is 7.50. The molecule has 0 radical (unpaired) electrons. The van der Waals surface area contributed by atoms with Crippen LogP contribution in [0.25, 0.3) is 5.69 Å². The van der Waals surface area contributed by atoms with E-state index in [4.69, 9.17) is 0 Å². The maximum atomic E-state index is 4.43. The van der Waals surface area contributed by atoms with Crippen molar-refractivity contribution in [2.24, 2.45) is 4.99 Å². The van der Waals surface area contributed by atoms with Crippen molar-refractivity contribution in [3.05, 3.63) is 72.7 Å². The Morgan fingerprint density at radius 2 is 2.05 bits per heavy atom. The molecule has 3 nitrogen and oxygen atoms in total. The second kappa shape index (κ2) is 7.06. The zero-order chi connectivity index (χ0) is 15.1. The molecule has 0 bridgehead atoms. The van der Waals surface area contributed by atoms with Crippen LogP contribution in [0.2, 0.25) is 0 Å². The number of nitrogens with zero attached hydrogens (tertiary/aromatic N) is 3. The Morgan fingerprint density at radius 3 is 2.76 bits per heavy atom. The van der Waals surface area contributed by atoms with Gasteiger partial charge in [0.25, 0.3) is 0 Å². The second-order valence-corrected chi connectivity index (χ2v) is 4.52. The third-order valence-corrected chi connectivity index (χ3v) is 2.75. The summed E-state index contributed by atoms with van der Waals surface area (Å²) in [4.78, 5) is 4.16. The molecule has 1 heterocycles. The molecule has 0 atom stereocenters. The van der Waals surface area contributed by atoms with Crippen molar-refractivity contribution in [2.75, 3.05) is 0 Å². The third-order valence-electron chi connectivity index (χ3n) is 2.75. The van der Waals surface area contributed by atoms with Gasteiger partial charge in [-0.15, -0.1) is 0 Å². The summed E-state index contributed by atoms with van der Waals surface area (Å²) < 4.78 is 1.81. The largest absolute Gasteiger partial charge is 0.253 e. The van der Waals surface area contributed by atoms with Gasteiger partial charge < -0.3 is 0 Å². The van der Waals surface area contributed by atoms with Crippen molar-refractivity contribution < 1.29 is 0 Å². The molecule has 0 aliphatic carbocycles. The van der Waals surface area contributed by atoms with Crippen LogP contribution < -0.4 is 0 Å². The fourth-order valence-corrected chi connectivity index (χ4v) is 1.63. The van der Waals surface area contributed by atoms with E-state index < -0.39 is 0 Å². The van der Waals surface area contributed by atoms with E-state index in [2.05, 4.69) is 47.6 Å². The molecule has 0 unspecified atom stereocenters. The molecule has 0 saturated carbocycles. The summed E-state index contributed by atoms with van der Waals surface area (Å²) in [7, 11) is 0. The normalized spacial score (nSPS) is 11.2. The van der Waals surface area contributed by atoms with E-state index in [1.807, 2.05) is 36.0 Å². The van der Waals surface area contributed by atoms with Gasteiger partial charge in [0, 0.05) is 12.4 Å². The molecule has 0 aliphatic rings. The lowest BCUT2D eigenvalue weighted by atomic mass is 10.2. The van der Waals surface area contributed by atoms with Crippen LogP contribution in [0.1, 0.15) is 18.2 Å². The Hall–Kier alpha value is -2.86. The number of aromatic nitrogens is 2. The summed E-state index contributed by atoms with van der Waals surface area (Å²) in [5, 5.41) is 4.43. The summed E-state index contributed by atoms with van der Waals surface area (Å²) in [6.07, 6.45) is 7.01. The number of benzene rings is 1. The molecule has 21 heavy (non-hydrogen) atoms. The molecule has 3 heteroatoms. The van der Waals surface area contributed by atoms with E-state index in [0.29, 0.717) is 0 Å². The fraction of sp³-hybridized carbons (Fsp3) is 0.111. The summed E-state index contributed by atoms with van der Waals surface area (Å²) in [5.74, 6) is 5.97. The average molecular weight is 275 g/mol. The first-order valence-corrected chi connectivity index (χ1v) is 6.66. The molecule has 1 aromatic carbocycles. The maximum absolute atomic E-state index is 4.43. The maximum Gasteiger partial charge on any atom is 0.136 e. The minimum Gasteiger partial charge on any atom is -0.253 e. The van der Waals surface area contributed by atoms with Crippen LogP contribution in [-0.2, 0) is 0 Å². The van der Waals surface area contributed by atoms with Gasteiger partial charge in [-0.25, -0.2) is 4.68 Å². The molecule has 0 N–H and O–H groups in total. The molecule has 2 aromatic rings. The highest BCUT2D eigenvalue weighted by Crippen LogP contribution is 2.08. The molecule has 0 aliphatic heterocycles. The highest BCUT2D eigenvalue weighted by atomic mass is 15.3. The number of allylic oxidation sites excluding steroid dienone is 2. The van der Waals surface area contributed by atoms with Crippen LogP contribution in [-0.4, -0.2) is 15.5 Å². The number of aliphatic imine (C=N–C) groups is 1. The molecule has 0 amide bonds. The van der Waals surface area contributed by atoms with E-state index in [-0.39, 0.29) is 0 Å². The van der Waals surface area contributed by atoms with Gasteiger partial charge in [-0.05, 0) is 50.0 Å². The second-order valence-electron chi connectivity index (χ2n) is 4.52. The number of hydrogen-bond donors (Lipinski definition) is 0. The van der Waals surface area contributed by atoms with E-state index in [9.17, 15) is 0 Å². The minimum atomic E-state index is 0.720. The van der Waals surface area contributed by atoms with Crippen LogP contribution in [0.15, 0.2) is 66.5 Å². The minimum absolute atomic E-state index is 0.720. The van der Waals surface area contributed by atoms with Crippen molar-refractivity contribution in [2.45, 2.75) is 13.8 Å². The van der Waals surface area contributed by atoms with Crippen LogP contribution in [0.5, 0.6) is 0 Å². The molecule has 1 aromatic heterocycles. The molecular formula is C18H17N3. The van der Waals surface area contributed by atoms with Crippen molar-refractivity contribution >= 4 is 5.71 Å². The fourth-order valence-electron chi connectivity index (χ4n) is 1.63. The van der Waals surface area contributed by atoms with Gasteiger partial charge in [-0.1, -0.05) is 30.4 Å². The van der Waals surface area contributed by atoms with Crippen LogP contribution in [0.4, 0.5) is 0 Å². The average Bonchev–Trinajstić information content (AvgIpc) is 2.95. The smallest absolute Gasteiger partial charge is 0.136 e. The van der Waals surface area contributed by atoms with Crippen LogP contribution >= 0.6 is 0 Å². The number of rotatable bonds is 3. The Balaban J connectivity index is 2.14. The Kier molecular flexibility index (Phi) is 4.89. The van der Waals surface area contributed by atoms with Gasteiger partial charge >= 0.3 is 0 Å². The molecule has 2 rings (SSSR count). The first-order chi connectivity index (χ1) is 10.2. The lowest BCUT2D eigenvalue weighted by Crippen LogP contribution is -1.95. The Morgan fingerprint density at radius 1 is 1.29 bits per heavy atom. The lowest BCUT2D eigenvalue weighted by molar-refractivity contribution is 0.874. The van der Waals surface area contributed by atoms with Gasteiger partial charge in [-0.3, -0.25) is 4.99 Å². The lowest BCUT2D eigenvalue weighted by Gasteiger charge is -2.00. The van der Waals surface area contributed by atoms with E-state index in [0.717, 1.165) is 17.1 Å². The molecule has 0 spiro atoms. The summed E-state index contributed by atoms with van der Waals surface area (Å²) >= 11 is 0. The summed E-state index contributed by atoms with van der Waals surface area (Å²) in [6, 6.07) is 10.1. The van der Waals surface area contributed by atoms with Crippen molar-refractivity contribution in [1.82, 2.24) is 9.78 Å². The van der Waals surface area contributed by atoms with Gasteiger partial charge in [0.15, 0.2) is 0 Å². The SMILES string of the molecule is C=C/C=C\N=C(/C)C#Cc1ccn(-c2ccc(C)cc2)n1. The molecule has 0 saturated heterocycles. The molecular weight excluding hydrogens is 258 g/mol. The van der Waals surface area contributed by atoms with Crippen molar-refractivity contribution in [1.29, 1.82) is 0 Å². The Labute approximate surface area is 125 Å². The first-order valence-electron chi connectivity index (χ1n) is 6.66. The van der Waals surface area contributed by atoms with Gasteiger partial charge in [0.2, 0.25) is 0 Å². The predicted octanol–water partition coefficient (Wildman–Crippen LogP) is 3.69. The number of hydrogen-bond acceptors (Lipinski definition) is 2. The van der Waals surface area contributed by atoms with Gasteiger partial charge in [0.05, 0.1) is 11.4 Å². The van der Waals surface area contributed by atoms with Crippen molar-refractivity contribution in [3.63, 3.8) is 0 Å². The zero-order valence-electron chi connectivity index (χ0n) is 12.2. The van der Waals surface area contributed by atoms with Crippen LogP contribution in [0, 0.1) is 18.8 Å². The first kappa shape index (κ1) is 14.5. The van der Waals surface area contributed by atoms with E-state index in [1.165, 1.54) is 5.56 Å². The monoisotopic (exact) mass is 275 g/mol. The Bertz CT molecular complexity index is 735. The van der Waals surface area contributed by atoms with Gasteiger partial charge in [0.1, 0.15) is 5.69 Å². The van der Waals surface area contributed by atoms with Crippen molar-refractivity contribution in [3.8, 4) is 17.5 Å². The van der Waals surface area contributed by atoms with Crippen LogP contribution in [0.3, 0.4) is 0 Å². The highest BCUT2D eigenvalue weighted by molar-refractivity contribution is 5.99. The summed E-state index contributed by atoms with van der Waals surface area (Å²) in [5.41, 5.74) is 3.70. The zero-order valence-corrected chi connectivity index (χ0v) is 12.2.